The Balaban J connectivity index is 2.24. The van der Waals surface area contributed by atoms with E-state index in [1.165, 1.54) is 12.4 Å². The van der Waals surface area contributed by atoms with Crippen LogP contribution in [-0.2, 0) is 9.84 Å². The number of nitrogens with zero attached hydrogens (tertiary/aromatic N) is 2. The molecular formula is C11H14N2O2S. The molecule has 1 heterocycles. The molecule has 0 saturated heterocycles. The summed E-state index contributed by atoms with van der Waals surface area (Å²) in [5, 5.41) is -0.373. The molecular weight excluding hydrogens is 224 g/mol. The van der Waals surface area contributed by atoms with Gasteiger partial charge < -0.3 is 0 Å². The molecule has 0 radical (unpaired) electrons. The summed E-state index contributed by atoms with van der Waals surface area (Å²) in [6.45, 7) is 3.65. The zero-order valence-electron chi connectivity index (χ0n) is 8.91. The van der Waals surface area contributed by atoms with Crippen molar-refractivity contribution in [1.29, 1.82) is 0 Å². The Bertz CT molecular complexity index is 470. The second-order valence-electron chi connectivity index (χ2n) is 3.98. The Hall–Kier alpha value is -1.23. The van der Waals surface area contributed by atoms with E-state index in [4.69, 9.17) is 0 Å². The van der Waals surface area contributed by atoms with Crippen LogP contribution in [-0.4, -0.2) is 23.6 Å². The molecule has 1 aliphatic carbocycles. The van der Waals surface area contributed by atoms with Crippen molar-refractivity contribution < 1.29 is 8.42 Å². The van der Waals surface area contributed by atoms with Crippen molar-refractivity contribution in [1.82, 2.24) is 9.97 Å². The average Bonchev–Trinajstić information content (AvgIpc) is 2.25. The third-order valence-corrected chi connectivity index (χ3v) is 5.15. The van der Waals surface area contributed by atoms with Gasteiger partial charge in [-0.3, -0.25) is 0 Å². The molecule has 2 rings (SSSR count). The van der Waals surface area contributed by atoms with E-state index in [-0.39, 0.29) is 16.3 Å². The molecule has 0 aliphatic heterocycles. The van der Waals surface area contributed by atoms with E-state index in [1.54, 1.807) is 12.1 Å². The van der Waals surface area contributed by atoms with Crippen molar-refractivity contribution in [2.24, 2.45) is 5.92 Å². The molecule has 0 aromatic carbocycles. The van der Waals surface area contributed by atoms with Crippen molar-refractivity contribution in [2.45, 2.75) is 29.7 Å². The molecule has 0 spiro atoms. The topological polar surface area (TPSA) is 59.9 Å². The summed E-state index contributed by atoms with van der Waals surface area (Å²) in [7, 11) is -3.34. The minimum Gasteiger partial charge on any atom is -0.227 e. The van der Waals surface area contributed by atoms with Crippen molar-refractivity contribution in [3.8, 4) is 0 Å². The van der Waals surface area contributed by atoms with E-state index in [0.717, 1.165) is 12.8 Å². The Morgan fingerprint density at radius 3 is 2.56 bits per heavy atom. The maximum Gasteiger partial charge on any atom is 0.247 e. The summed E-state index contributed by atoms with van der Waals surface area (Å²) in [6, 6.07) is 1.61. The molecule has 0 amide bonds. The van der Waals surface area contributed by atoms with E-state index < -0.39 is 9.84 Å². The molecule has 1 aromatic heterocycles. The highest BCUT2D eigenvalue weighted by Gasteiger charge is 2.42. The van der Waals surface area contributed by atoms with Gasteiger partial charge in [-0.25, -0.2) is 18.4 Å². The molecule has 2 atom stereocenters. The first kappa shape index (κ1) is 11.3. The van der Waals surface area contributed by atoms with Crippen LogP contribution < -0.4 is 0 Å². The summed E-state index contributed by atoms with van der Waals surface area (Å²) in [5.74, 6) is 0.186. The number of sulfone groups is 1. The lowest BCUT2D eigenvalue weighted by atomic mass is 9.82. The first-order valence-electron chi connectivity index (χ1n) is 5.28. The second-order valence-corrected chi connectivity index (χ2v) is 6.04. The fourth-order valence-corrected chi connectivity index (χ4v) is 3.89. The highest BCUT2D eigenvalue weighted by molar-refractivity contribution is 7.91. The SMILES string of the molecule is C=CCC1CC[C@H]1S(=O)(=O)c1ncccn1. The van der Waals surface area contributed by atoms with Gasteiger partial charge in [0.15, 0.2) is 0 Å². The molecule has 86 valence electrons. The molecule has 1 unspecified atom stereocenters. The Morgan fingerprint density at radius 2 is 2.06 bits per heavy atom. The fourth-order valence-electron chi connectivity index (χ4n) is 2.00. The van der Waals surface area contributed by atoms with Crippen LogP contribution in [0.2, 0.25) is 0 Å². The smallest absolute Gasteiger partial charge is 0.227 e. The van der Waals surface area contributed by atoms with Crippen molar-refractivity contribution >= 4 is 9.84 Å². The van der Waals surface area contributed by atoms with Crippen molar-refractivity contribution in [2.75, 3.05) is 0 Å². The first-order chi connectivity index (χ1) is 7.66. The van der Waals surface area contributed by atoms with Gasteiger partial charge in [-0.05, 0) is 31.2 Å². The van der Waals surface area contributed by atoms with Crippen molar-refractivity contribution in [3.05, 3.63) is 31.1 Å². The number of rotatable bonds is 4. The molecule has 0 bridgehead atoms. The van der Waals surface area contributed by atoms with E-state index in [0.29, 0.717) is 6.42 Å². The zero-order chi connectivity index (χ0) is 11.6. The Kier molecular flexibility index (Phi) is 3.05. The predicted octanol–water partition coefficient (Wildman–Crippen LogP) is 1.60. The number of hydrogen-bond donors (Lipinski definition) is 0. The van der Waals surface area contributed by atoms with Crippen LogP contribution in [0, 0.1) is 5.92 Å². The van der Waals surface area contributed by atoms with Crippen LogP contribution in [0.1, 0.15) is 19.3 Å². The molecule has 1 saturated carbocycles. The normalized spacial score (nSPS) is 24.8. The predicted molar refractivity (Wildman–Crippen MR) is 60.5 cm³/mol. The number of allylic oxidation sites excluding steroid dienone is 1. The largest absolute Gasteiger partial charge is 0.247 e. The van der Waals surface area contributed by atoms with Gasteiger partial charge >= 0.3 is 0 Å². The number of hydrogen-bond acceptors (Lipinski definition) is 4. The van der Waals surface area contributed by atoms with Crippen LogP contribution in [0.5, 0.6) is 0 Å². The molecule has 0 N–H and O–H groups in total. The fraction of sp³-hybridized carbons (Fsp3) is 0.455. The summed E-state index contributed by atoms with van der Waals surface area (Å²) in [4.78, 5) is 7.65. The molecule has 1 aliphatic rings. The Labute approximate surface area is 95.4 Å². The van der Waals surface area contributed by atoms with Gasteiger partial charge in [0.2, 0.25) is 15.0 Å². The van der Waals surface area contributed by atoms with Gasteiger partial charge in [-0.1, -0.05) is 6.08 Å². The van der Waals surface area contributed by atoms with Gasteiger partial charge in [0.1, 0.15) is 0 Å². The monoisotopic (exact) mass is 238 g/mol. The van der Waals surface area contributed by atoms with Crippen molar-refractivity contribution in [3.63, 3.8) is 0 Å². The lowest BCUT2D eigenvalue weighted by Gasteiger charge is -2.34. The minimum atomic E-state index is -3.34. The maximum atomic E-state index is 12.1. The highest BCUT2D eigenvalue weighted by atomic mass is 32.2. The third kappa shape index (κ3) is 1.87. The maximum absolute atomic E-state index is 12.1. The highest BCUT2D eigenvalue weighted by Crippen LogP contribution is 2.38. The zero-order valence-corrected chi connectivity index (χ0v) is 9.73. The van der Waals surface area contributed by atoms with E-state index in [1.807, 2.05) is 0 Å². The van der Waals surface area contributed by atoms with Gasteiger partial charge in [0.25, 0.3) is 0 Å². The van der Waals surface area contributed by atoms with Gasteiger partial charge in [-0.2, -0.15) is 0 Å². The van der Waals surface area contributed by atoms with E-state index in [2.05, 4.69) is 16.5 Å². The summed E-state index contributed by atoms with van der Waals surface area (Å²) in [5.41, 5.74) is 0. The van der Waals surface area contributed by atoms with E-state index in [9.17, 15) is 8.42 Å². The number of aromatic nitrogens is 2. The van der Waals surface area contributed by atoms with E-state index >= 15 is 0 Å². The van der Waals surface area contributed by atoms with Crippen LogP contribution in [0.3, 0.4) is 0 Å². The lowest BCUT2D eigenvalue weighted by molar-refractivity contribution is 0.318. The quantitative estimate of drug-likeness (QED) is 0.590. The third-order valence-electron chi connectivity index (χ3n) is 3.01. The average molecular weight is 238 g/mol. The van der Waals surface area contributed by atoms with Gasteiger partial charge in [0.05, 0.1) is 5.25 Å². The van der Waals surface area contributed by atoms with Gasteiger partial charge in [0, 0.05) is 12.4 Å². The molecule has 5 heteroatoms. The van der Waals surface area contributed by atoms with Crippen LogP contribution in [0.4, 0.5) is 0 Å². The Morgan fingerprint density at radius 1 is 1.38 bits per heavy atom. The van der Waals surface area contributed by atoms with Gasteiger partial charge in [-0.15, -0.1) is 6.58 Å². The second kappa shape index (κ2) is 4.33. The van der Waals surface area contributed by atoms with Crippen LogP contribution in [0.15, 0.2) is 36.3 Å². The van der Waals surface area contributed by atoms with Crippen LogP contribution >= 0.6 is 0 Å². The summed E-state index contributed by atoms with van der Waals surface area (Å²) >= 11 is 0. The molecule has 1 fully saturated rings. The molecule has 1 aromatic rings. The summed E-state index contributed by atoms with van der Waals surface area (Å²) < 4.78 is 24.3. The lowest BCUT2D eigenvalue weighted by Crippen LogP contribution is -2.39. The summed E-state index contributed by atoms with van der Waals surface area (Å²) in [6.07, 6.45) is 7.10. The minimum absolute atomic E-state index is 0.0474. The standard InChI is InChI=1S/C11H14N2O2S/c1-2-4-9-5-6-10(9)16(14,15)11-12-7-3-8-13-11/h2-3,7-10H,1,4-6H2/t9?,10-/m1/s1. The van der Waals surface area contributed by atoms with Crippen LogP contribution in [0.25, 0.3) is 0 Å². The molecule has 16 heavy (non-hydrogen) atoms. The first-order valence-corrected chi connectivity index (χ1v) is 6.82. The molecule has 4 nitrogen and oxygen atoms in total.